The van der Waals surface area contributed by atoms with Gasteiger partial charge in [0.1, 0.15) is 12.1 Å². The number of likely N-dealkylation sites (N-methyl/N-ethyl adjacent to an activating group) is 1. The van der Waals surface area contributed by atoms with Crippen molar-refractivity contribution >= 4 is 16.9 Å². The molecular weight excluding hydrogens is 314 g/mol. The average Bonchev–Trinajstić information content (AvgIpc) is 3.05. The summed E-state index contributed by atoms with van der Waals surface area (Å²) in [6.07, 6.45) is 0. The summed E-state index contributed by atoms with van der Waals surface area (Å²) in [6, 6.07) is 16.9. The molecule has 0 aliphatic carbocycles. The van der Waals surface area contributed by atoms with E-state index in [1.54, 1.807) is 21.7 Å². The highest BCUT2D eigenvalue weighted by Gasteiger charge is 2.21. The summed E-state index contributed by atoms with van der Waals surface area (Å²) in [5.41, 5.74) is 3.23. The van der Waals surface area contributed by atoms with Gasteiger partial charge >= 0.3 is 0 Å². The first-order valence-corrected chi connectivity index (χ1v) is 8.21. The Balaban J connectivity index is 1.79. The van der Waals surface area contributed by atoms with Crippen molar-refractivity contribution in [2.45, 2.75) is 26.4 Å². The van der Waals surface area contributed by atoms with Gasteiger partial charge in [-0.25, -0.2) is 4.68 Å². The summed E-state index contributed by atoms with van der Waals surface area (Å²) in [5, 5.41) is 17.1. The number of benzene rings is 2. The van der Waals surface area contributed by atoms with Gasteiger partial charge in [-0.05, 0) is 43.7 Å². The molecule has 0 saturated carbocycles. The van der Waals surface area contributed by atoms with E-state index in [1.807, 2.05) is 50.2 Å². The fourth-order valence-electron chi connectivity index (χ4n) is 2.94. The molecule has 1 amide bonds. The highest BCUT2D eigenvalue weighted by Crippen LogP contribution is 2.21. The first-order valence-electron chi connectivity index (χ1n) is 8.21. The van der Waals surface area contributed by atoms with Crippen LogP contribution in [-0.4, -0.2) is 32.3 Å². The second kappa shape index (κ2) is 7.14. The van der Waals surface area contributed by atoms with Crippen molar-refractivity contribution in [2.24, 2.45) is 0 Å². The molecule has 126 valence electrons. The van der Waals surface area contributed by atoms with E-state index >= 15 is 0 Å². The summed E-state index contributed by atoms with van der Waals surface area (Å²) >= 11 is 0. The third-order valence-corrected chi connectivity index (χ3v) is 4.36. The van der Waals surface area contributed by atoms with Crippen molar-refractivity contribution in [3.8, 4) is 6.07 Å². The Labute approximate surface area is 146 Å². The number of carbonyl (C=O) groups excluding carboxylic acids is 1. The summed E-state index contributed by atoms with van der Waals surface area (Å²) in [7, 11) is 0. The van der Waals surface area contributed by atoms with Gasteiger partial charge in [-0.1, -0.05) is 29.5 Å². The van der Waals surface area contributed by atoms with E-state index in [1.165, 1.54) is 0 Å². The summed E-state index contributed by atoms with van der Waals surface area (Å²) in [4.78, 5) is 14.6. The molecule has 0 N–H and O–H groups in total. The molecule has 0 saturated heterocycles. The van der Waals surface area contributed by atoms with Crippen molar-refractivity contribution in [2.75, 3.05) is 6.54 Å². The van der Waals surface area contributed by atoms with E-state index < -0.39 is 0 Å². The normalized spacial score (nSPS) is 11.9. The number of para-hydroxylation sites is 1. The van der Waals surface area contributed by atoms with Gasteiger partial charge in [0.15, 0.2) is 0 Å². The molecule has 0 radical (unpaired) electrons. The molecule has 0 aliphatic rings. The third kappa shape index (κ3) is 3.36. The minimum absolute atomic E-state index is 0.0185. The maximum atomic E-state index is 12.8. The van der Waals surface area contributed by atoms with Gasteiger partial charge < -0.3 is 4.90 Å². The molecule has 25 heavy (non-hydrogen) atoms. The van der Waals surface area contributed by atoms with Gasteiger partial charge in [0, 0.05) is 6.54 Å². The van der Waals surface area contributed by atoms with Crippen LogP contribution in [-0.2, 0) is 11.3 Å². The minimum atomic E-state index is -0.0833. The van der Waals surface area contributed by atoms with Crippen molar-refractivity contribution in [3.63, 3.8) is 0 Å². The van der Waals surface area contributed by atoms with Gasteiger partial charge in [-0.3, -0.25) is 4.79 Å². The predicted molar refractivity (Wildman–Crippen MR) is 94.5 cm³/mol. The van der Waals surface area contributed by atoms with Crippen LogP contribution in [0.5, 0.6) is 0 Å². The lowest BCUT2D eigenvalue weighted by Crippen LogP contribution is -2.36. The molecule has 6 nitrogen and oxygen atoms in total. The molecule has 1 aromatic heterocycles. The number of carbonyl (C=O) groups is 1. The largest absolute Gasteiger partial charge is 0.335 e. The molecule has 1 heterocycles. The Bertz CT molecular complexity index is 923. The zero-order valence-electron chi connectivity index (χ0n) is 14.3. The van der Waals surface area contributed by atoms with Crippen molar-refractivity contribution in [3.05, 3.63) is 59.7 Å². The Morgan fingerprint density at radius 2 is 1.96 bits per heavy atom. The predicted octanol–water partition coefficient (Wildman–Crippen LogP) is 2.91. The molecular formula is C19H19N5O. The van der Waals surface area contributed by atoms with Crippen LogP contribution in [0.2, 0.25) is 0 Å². The van der Waals surface area contributed by atoms with Crippen molar-refractivity contribution in [1.29, 1.82) is 5.26 Å². The Hall–Kier alpha value is -3.20. The van der Waals surface area contributed by atoms with Crippen LogP contribution in [0, 0.1) is 11.3 Å². The highest BCUT2D eigenvalue weighted by molar-refractivity contribution is 5.80. The molecule has 0 spiro atoms. The highest BCUT2D eigenvalue weighted by atomic mass is 16.2. The van der Waals surface area contributed by atoms with E-state index in [0.29, 0.717) is 12.1 Å². The number of nitriles is 1. The van der Waals surface area contributed by atoms with Crippen LogP contribution in [0.15, 0.2) is 48.5 Å². The first kappa shape index (κ1) is 16.7. The van der Waals surface area contributed by atoms with E-state index in [4.69, 9.17) is 5.26 Å². The smallest absolute Gasteiger partial charge is 0.244 e. The number of hydrogen-bond donors (Lipinski definition) is 0. The van der Waals surface area contributed by atoms with E-state index in [2.05, 4.69) is 16.4 Å². The molecule has 1 atom stereocenters. The van der Waals surface area contributed by atoms with Crippen LogP contribution < -0.4 is 0 Å². The molecule has 6 heteroatoms. The topological polar surface area (TPSA) is 74.8 Å². The van der Waals surface area contributed by atoms with Crippen LogP contribution >= 0.6 is 0 Å². The minimum Gasteiger partial charge on any atom is -0.335 e. The average molecular weight is 333 g/mol. The third-order valence-electron chi connectivity index (χ3n) is 4.36. The molecule has 3 aromatic rings. The monoisotopic (exact) mass is 333 g/mol. The van der Waals surface area contributed by atoms with Gasteiger partial charge in [0.2, 0.25) is 5.91 Å². The molecule has 0 fully saturated rings. The molecule has 0 aliphatic heterocycles. The van der Waals surface area contributed by atoms with E-state index in [-0.39, 0.29) is 18.5 Å². The van der Waals surface area contributed by atoms with Gasteiger partial charge in [-0.15, -0.1) is 5.10 Å². The van der Waals surface area contributed by atoms with Crippen molar-refractivity contribution < 1.29 is 4.79 Å². The Morgan fingerprint density at radius 3 is 2.64 bits per heavy atom. The number of aromatic nitrogens is 3. The Morgan fingerprint density at radius 1 is 1.24 bits per heavy atom. The van der Waals surface area contributed by atoms with Crippen LogP contribution in [0.25, 0.3) is 11.0 Å². The number of nitrogens with zero attached hydrogens (tertiary/aromatic N) is 5. The van der Waals surface area contributed by atoms with Gasteiger partial charge in [-0.2, -0.15) is 5.26 Å². The maximum absolute atomic E-state index is 12.8. The van der Waals surface area contributed by atoms with Crippen molar-refractivity contribution in [1.82, 2.24) is 19.9 Å². The fraction of sp³-hybridized carbons (Fsp3) is 0.263. The number of fused-ring (bicyclic) bond motifs is 1. The van der Waals surface area contributed by atoms with E-state index in [9.17, 15) is 4.79 Å². The van der Waals surface area contributed by atoms with Crippen LogP contribution in [0.3, 0.4) is 0 Å². The van der Waals surface area contributed by atoms with Crippen LogP contribution in [0.1, 0.15) is 31.0 Å². The molecule has 0 bridgehead atoms. The summed E-state index contributed by atoms with van der Waals surface area (Å²) in [6.45, 7) is 4.68. The quantitative estimate of drug-likeness (QED) is 0.719. The summed E-state index contributed by atoms with van der Waals surface area (Å²) < 4.78 is 1.63. The second-order valence-electron chi connectivity index (χ2n) is 5.83. The Kier molecular flexibility index (Phi) is 4.75. The standard InChI is InChI=1S/C19H19N5O/c1-3-23(14(2)16-10-8-15(12-20)9-11-16)19(25)13-24-18-7-5-4-6-17(18)21-22-24/h4-11,14H,3,13H2,1-2H3/t14-/m1/s1. The van der Waals surface area contributed by atoms with Gasteiger partial charge in [0.05, 0.1) is 23.2 Å². The lowest BCUT2D eigenvalue weighted by atomic mass is 10.0. The molecule has 0 unspecified atom stereocenters. The van der Waals surface area contributed by atoms with E-state index in [0.717, 1.165) is 16.6 Å². The van der Waals surface area contributed by atoms with Crippen LogP contribution in [0.4, 0.5) is 0 Å². The zero-order chi connectivity index (χ0) is 17.8. The maximum Gasteiger partial charge on any atom is 0.244 e. The lowest BCUT2D eigenvalue weighted by Gasteiger charge is -2.28. The number of rotatable bonds is 5. The number of amides is 1. The molecule has 2 aromatic carbocycles. The number of hydrogen-bond acceptors (Lipinski definition) is 4. The summed E-state index contributed by atoms with van der Waals surface area (Å²) in [5.74, 6) is -0.0185. The van der Waals surface area contributed by atoms with Gasteiger partial charge in [0.25, 0.3) is 0 Å². The second-order valence-corrected chi connectivity index (χ2v) is 5.83. The molecule has 3 rings (SSSR count). The lowest BCUT2D eigenvalue weighted by molar-refractivity contribution is -0.133. The zero-order valence-corrected chi connectivity index (χ0v) is 14.3. The fourth-order valence-corrected chi connectivity index (χ4v) is 2.94. The first-order chi connectivity index (χ1) is 12.1. The SMILES string of the molecule is CCN(C(=O)Cn1nnc2ccccc21)[C@H](C)c1ccc(C#N)cc1.